The van der Waals surface area contributed by atoms with Crippen molar-refractivity contribution in [2.75, 3.05) is 0 Å². The lowest BCUT2D eigenvalue weighted by Crippen LogP contribution is -2.05. The van der Waals surface area contributed by atoms with Gasteiger partial charge in [-0.25, -0.2) is 0 Å². The van der Waals surface area contributed by atoms with E-state index in [4.69, 9.17) is 0 Å². The molecule has 0 fully saturated rings. The molecule has 1 heteroatoms. The van der Waals surface area contributed by atoms with E-state index in [1.165, 1.54) is 16.7 Å². The molecule has 0 spiro atoms. The van der Waals surface area contributed by atoms with Crippen LogP contribution in [0.2, 0.25) is 0 Å². The van der Waals surface area contributed by atoms with Crippen molar-refractivity contribution in [1.82, 2.24) is 0 Å². The Morgan fingerprint density at radius 2 is 1.32 bits per heavy atom. The van der Waals surface area contributed by atoms with Crippen molar-refractivity contribution >= 4 is 0 Å². The normalized spacial score (nSPS) is 13.6. The van der Waals surface area contributed by atoms with Gasteiger partial charge in [0.15, 0.2) is 0 Å². The van der Waals surface area contributed by atoms with Crippen molar-refractivity contribution in [1.29, 1.82) is 0 Å². The van der Waals surface area contributed by atoms with Crippen molar-refractivity contribution in [2.24, 2.45) is 0 Å². The van der Waals surface area contributed by atoms with Crippen molar-refractivity contribution in [2.45, 2.75) is 25.9 Å². The Balaban J connectivity index is 2.46. The summed E-state index contributed by atoms with van der Waals surface area (Å²) in [5, 5.41) is 9.59. The quantitative estimate of drug-likeness (QED) is 0.811. The van der Waals surface area contributed by atoms with Crippen LogP contribution in [0.3, 0.4) is 0 Å². The number of hydrogen-bond acceptors (Lipinski definition) is 1. The lowest BCUT2D eigenvalue weighted by molar-refractivity contribution is 0.243. The molecule has 0 saturated carbocycles. The third-order valence-electron chi connectivity index (χ3n) is 3.23. The molecule has 0 radical (unpaired) electrons. The monoisotopic (exact) mass is 252 g/mol. The molecule has 0 aliphatic carbocycles. The number of allylic oxidation sites excluding steroid dienone is 1. The van der Waals surface area contributed by atoms with Crippen LogP contribution in [0, 0.1) is 0 Å². The fourth-order valence-corrected chi connectivity index (χ4v) is 2.49. The van der Waals surface area contributed by atoms with E-state index in [-0.39, 0.29) is 5.92 Å². The first kappa shape index (κ1) is 13.6. The Bertz CT molecular complexity index is 487. The second-order valence-electron chi connectivity index (χ2n) is 4.91. The first-order valence-corrected chi connectivity index (χ1v) is 6.64. The van der Waals surface area contributed by atoms with Crippen molar-refractivity contribution in [3.63, 3.8) is 0 Å². The summed E-state index contributed by atoms with van der Waals surface area (Å²) in [6.07, 6.45) is 1.50. The van der Waals surface area contributed by atoms with Crippen LogP contribution in [0.15, 0.2) is 72.3 Å². The number of benzene rings is 2. The predicted molar refractivity (Wildman–Crippen MR) is 80.2 cm³/mol. The summed E-state index contributed by atoms with van der Waals surface area (Å²) in [6.45, 7) is 3.87. The summed E-state index contributed by atoms with van der Waals surface area (Å²) in [5.41, 5.74) is 3.68. The van der Waals surface area contributed by atoms with Crippen LogP contribution in [0.1, 0.15) is 30.9 Å². The predicted octanol–water partition coefficient (Wildman–Crippen LogP) is 4.15. The molecule has 0 amide bonds. The Hall–Kier alpha value is -1.86. The maximum Gasteiger partial charge on any atom is 0.0695 e. The summed E-state index contributed by atoms with van der Waals surface area (Å²) in [7, 11) is 0. The fourth-order valence-electron chi connectivity index (χ4n) is 2.49. The van der Waals surface area contributed by atoms with E-state index in [0.29, 0.717) is 0 Å². The zero-order valence-corrected chi connectivity index (χ0v) is 11.5. The maximum atomic E-state index is 9.59. The molecule has 0 bridgehead atoms. The van der Waals surface area contributed by atoms with Gasteiger partial charge in [0, 0.05) is 5.92 Å². The molecule has 19 heavy (non-hydrogen) atoms. The minimum absolute atomic E-state index is 0.206. The maximum absolute atomic E-state index is 9.59. The van der Waals surface area contributed by atoms with E-state index < -0.39 is 6.10 Å². The smallest absolute Gasteiger partial charge is 0.0695 e. The van der Waals surface area contributed by atoms with E-state index in [1.54, 1.807) is 6.92 Å². The second kappa shape index (κ2) is 6.35. The van der Waals surface area contributed by atoms with Crippen LogP contribution in [0.4, 0.5) is 0 Å². The number of hydrogen-bond donors (Lipinski definition) is 1. The third kappa shape index (κ3) is 3.55. The lowest BCUT2D eigenvalue weighted by Gasteiger charge is -2.20. The molecule has 2 rings (SSSR count). The molecule has 0 aliphatic heterocycles. The first-order valence-electron chi connectivity index (χ1n) is 6.64. The van der Waals surface area contributed by atoms with Gasteiger partial charge in [0.25, 0.3) is 0 Å². The van der Waals surface area contributed by atoms with E-state index in [0.717, 1.165) is 0 Å². The third-order valence-corrected chi connectivity index (χ3v) is 3.23. The number of rotatable bonds is 4. The molecule has 0 heterocycles. The molecular weight excluding hydrogens is 232 g/mol. The largest absolute Gasteiger partial charge is 0.389 e. The van der Waals surface area contributed by atoms with Gasteiger partial charge in [-0.1, -0.05) is 72.3 Å². The summed E-state index contributed by atoms with van der Waals surface area (Å²) in [4.78, 5) is 0. The van der Waals surface area contributed by atoms with Crippen LogP contribution in [0.5, 0.6) is 0 Å². The Labute approximate surface area is 115 Å². The minimum Gasteiger partial charge on any atom is -0.389 e. The zero-order valence-electron chi connectivity index (χ0n) is 11.5. The van der Waals surface area contributed by atoms with Crippen LogP contribution in [0.25, 0.3) is 0 Å². The SMILES string of the molecule is C/C(=C/C(C)O)C(c1ccccc1)c1ccccc1. The van der Waals surface area contributed by atoms with Gasteiger partial charge < -0.3 is 5.11 Å². The zero-order chi connectivity index (χ0) is 13.7. The van der Waals surface area contributed by atoms with E-state index in [1.807, 2.05) is 18.2 Å². The van der Waals surface area contributed by atoms with Crippen LogP contribution < -0.4 is 0 Å². The van der Waals surface area contributed by atoms with Crippen LogP contribution in [-0.4, -0.2) is 11.2 Å². The standard InChI is InChI=1S/C18H20O/c1-14(13-15(2)19)18(16-9-5-3-6-10-16)17-11-7-4-8-12-17/h3-13,15,18-19H,1-2H3/b14-13-. The van der Waals surface area contributed by atoms with Crippen molar-refractivity contribution < 1.29 is 5.11 Å². The van der Waals surface area contributed by atoms with Crippen molar-refractivity contribution in [3.05, 3.63) is 83.4 Å². The first-order chi connectivity index (χ1) is 9.18. The average Bonchev–Trinajstić information content (AvgIpc) is 2.40. The Morgan fingerprint density at radius 3 is 1.68 bits per heavy atom. The van der Waals surface area contributed by atoms with Gasteiger partial charge in [-0.05, 0) is 25.0 Å². The van der Waals surface area contributed by atoms with Gasteiger partial charge >= 0.3 is 0 Å². The Kier molecular flexibility index (Phi) is 4.53. The highest BCUT2D eigenvalue weighted by Crippen LogP contribution is 2.31. The molecule has 1 atom stereocenters. The summed E-state index contributed by atoms with van der Waals surface area (Å²) in [6, 6.07) is 20.8. The number of aliphatic hydroxyl groups is 1. The highest BCUT2D eigenvalue weighted by molar-refractivity contribution is 5.40. The van der Waals surface area contributed by atoms with Gasteiger partial charge in [-0.15, -0.1) is 0 Å². The second-order valence-corrected chi connectivity index (χ2v) is 4.91. The fraction of sp³-hybridized carbons (Fsp3) is 0.222. The van der Waals surface area contributed by atoms with Crippen molar-refractivity contribution in [3.8, 4) is 0 Å². The minimum atomic E-state index is -0.421. The van der Waals surface area contributed by atoms with Gasteiger partial charge in [-0.3, -0.25) is 0 Å². The molecule has 0 saturated heterocycles. The van der Waals surface area contributed by atoms with Gasteiger partial charge in [0.2, 0.25) is 0 Å². The molecule has 1 N–H and O–H groups in total. The van der Waals surface area contributed by atoms with Crippen LogP contribution >= 0.6 is 0 Å². The van der Waals surface area contributed by atoms with Gasteiger partial charge in [0.1, 0.15) is 0 Å². The highest BCUT2D eigenvalue weighted by atomic mass is 16.3. The van der Waals surface area contributed by atoms with E-state index >= 15 is 0 Å². The lowest BCUT2D eigenvalue weighted by atomic mass is 9.85. The summed E-state index contributed by atoms with van der Waals surface area (Å²) in [5.74, 6) is 0.206. The van der Waals surface area contributed by atoms with Gasteiger partial charge in [0.05, 0.1) is 6.10 Å². The molecule has 1 nitrogen and oxygen atoms in total. The molecule has 98 valence electrons. The van der Waals surface area contributed by atoms with E-state index in [9.17, 15) is 5.11 Å². The topological polar surface area (TPSA) is 20.2 Å². The Morgan fingerprint density at radius 1 is 0.895 bits per heavy atom. The van der Waals surface area contributed by atoms with Gasteiger partial charge in [-0.2, -0.15) is 0 Å². The van der Waals surface area contributed by atoms with E-state index in [2.05, 4.69) is 55.5 Å². The number of aliphatic hydroxyl groups excluding tert-OH is 1. The molecular formula is C18H20O. The molecule has 0 aliphatic rings. The van der Waals surface area contributed by atoms with Crippen LogP contribution in [-0.2, 0) is 0 Å². The summed E-state index contributed by atoms with van der Waals surface area (Å²) >= 11 is 0. The average molecular weight is 252 g/mol. The molecule has 2 aromatic carbocycles. The molecule has 0 aromatic heterocycles. The summed E-state index contributed by atoms with van der Waals surface area (Å²) < 4.78 is 0. The molecule has 2 aromatic rings. The highest BCUT2D eigenvalue weighted by Gasteiger charge is 2.15. The molecule has 1 unspecified atom stereocenters.